The van der Waals surface area contributed by atoms with Crippen LogP contribution in [0.15, 0.2) is 18.2 Å². The molecule has 0 saturated carbocycles. The molecule has 0 aromatic heterocycles. The van der Waals surface area contributed by atoms with Crippen LogP contribution in [0.3, 0.4) is 0 Å². The third-order valence-corrected chi connectivity index (χ3v) is 3.26. The fourth-order valence-electron chi connectivity index (χ4n) is 1.58. The number of nitrogens with two attached hydrogens (primary N) is 1. The minimum atomic E-state index is -0.381. The minimum Gasteiger partial charge on any atom is -0.367 e. The second-order valence-corrected chi connectivity index (χ2v) is 4.72. The summed E-state index contributed by atoms with van der Waals surface area (Å²) >= 11 is 2.11. The zero-order valence-electron chi connectivity index (χ0n) is 7.89. The van der Waals surface area contributed by atoms with Gasteiger partial charge in [-0.05, 0) is 28.7 Å². The van der Waals surface area contributed by atoms with E-state index in [1.165, 1.54) is 6.07 Å². The van der Waals surface area contributed by atoms with Crippen LogP contribution in [0.5, 0.6) is 0 Å². The molecule has 15 heavy (non-hydrogen) atoms. The molecule has 2 rings (SSSR count). The topological polar surface area (TPSA) is 72.4 Å². The minimum absolute atomic E-state index is 0.132. The molecule has 1 saturated heterocycles. The largest absolute Gasteiger partial charge is 0.367 e. The Morgan fingerprint density at radius 2 is 2.20 bits per heavy atom. The monoisotopic (exact) mass is 319 g/mol. The maximum Gasteiger partial charge on any atom is 0.270 e. The molecular formula is C9H10IN3O2. The van der Waals surface area contributed by atoms with E-state index in [-0.39, 0.29) is 16.7 Å². The second-order valence-electron chi connectivity index (χ2n) is 3.56. The fourth-order valence-corrected chi connectivity index (χ4v) is 2.42. The highest BCUT2D eigenvalue weighted by molar-refractivity contribution is 14.1. The highest BCUT2D eigenvalue weighted by Crippen LogP contribution is 2.29. The molecule has 0 bridgehead atoms. The van der Waals surface area contributed by atoms with Crippen molar-refractivity contribution < 1.29 is 4.92 Å². The number of nitrogens with zero attached hydrogens (tertiary/aromatic N) is 2. The number of benzene rings is 1. The van der Waals surface area contributed by atoms with Crippen molar-refractivity contribution in [3.8, 4) is 0 Å². The molecule has 0 aliphatic carbocycles. The van der Waals surface area contributed by atoms with E-state index < -0.39 is 0 Å². The van der Waals surface area contributed by atoms with E-state index in [4.69, 9.17) is 5.73 Å². The molecule has 1 fully saturated rings. The summed E-state index contributed by atoms with van der Waals surface area (Å²) < 4.78 is 0.897. The molecule has 2 N–H and O–H groups in total. The smallest absolute Gasteiger partial charge is 0.270 e. The third-order valence-electron chi connectivity index (χ3n) is 2.39. The summed E-state index contributed by atoms with van der Waals surface area (Å²) in [6, 6.07) is 5.13. The highest BCUT2D eigenvalue weighted by atomic mass is 127. The fraction of sp³-hybridized carbons (Fsp3) is 0.333. The molecule has 0 spiro atoms. The summed E-state index contributed by atoms with van der Waals surface area (Å²) in [5, 5.41) is 10.5. The van der Waals surface area contributed by atoms with Gasteiger partial charge in [0.2, 0.25) is 0 Å². The maximum absolute atomic E-state index is 10.5. The molecule has 80 valence electrons. The summed E-state index contributed by atoms with van der Waals surface area (Å²) in [5.74, 6) is 0. The number of halogens is 1. The van der Waals surface area contributed by atoms with Crippen molar-refractivity contribution in [2.75, 3.05) is 18.0 Å². The Bertz CT molecular complexity index is 404. The molecule has 1 heterocycles. The second kappa shape index (κ2) is 3.93. The molecule has 0 amide bonds. The van der Waals surface area contributed by atoms with Gasteiger partial charge in [0.15, 0.2) is 0 Å². The lowest BCUT2D eigenvalue weighted by molar-refractivity contribution is -0.384. The van der Waals surface area contributed by atoms with Crippen LogP contribution in [0.4, 0.5) is 11.4 Å². The van der Waals surface area contributed by atoms with E-state index in [1.807, 2.05) is 0 Å². The van der Waals surface area contributed by atoms with Crippen molar-refractivity contribution in [1.82, 2.24) is 0 Å². The summed E-state index contributed by atoms with van der Waals surface area (Å²) in [4.78, 5) is 12.3. The predicted molar refractivity (Wildman–Crippen MR) is 66.0 cm³/mol. The van der Waals surface area contributed by atoms with Gasteiger partial charge in [-0.15, -0.1) is 0 Å². The van der Waals surface area contributed by atoms with Gasteiger partial charge in [0, 0.05) is 34.8 Å². The van der Waals surface area contributed by atoms with Crippen molar-refractivity contribution in [3.63, 3.8) is 0 Å². The Hall–Kier alpha value is -0.890. The molecular weight excluding hydrogens is 309 g/mol. The van der Waals surface area contributed by atoms with E-state index in [2.05, 4.69) is 27.5 Å². The average Bonchev–Trinajstić information content (AvgIpc) is 2.13. The van der Waals surface area contributed by atoms with Crippen LogP contribution in [0, 0.1) is 13.7 Å². The average molecular weight is 319 g/mol. The van der Waals surface area contributed by atoms with Gasteiger partial charge in [-0.25, -0.2) is 0 Å². The number of hydrogen-bond donors (Lipinski definition) is 1. The molecule has 0 atom stereocenters. The number of nitro groups is 1. The molecule has 0 unspecified atom stereocenters. The lowest BCUT2D eigenvalue weighted by Crippen LogP contribution is -2.56. The molecule has 1 aliphatic heterocycles. The lowest BCUT2D eigenvalue weighted by atomic mass is 10.1. The molecule has 1 aliphatic rings. The van der Waals surface area contributed by atoms with Crippen LogP contribution < -0.4 is 10.6 Å². The first kappa shape index (κ1) is 10.6. The SMILES string of the molecule is NC1CN(c2ccc([N+](=O)[O-])cc2I)C1. The first-order chi connectivity index (χ1) is 7.08. The van der Waals surface area contributed by atoms with Gasteiger partial charge >= 0.3 is 0 Å². The molecule has 0 radical (unpaired) electrons. The Balaban J connectivity index is 2.23. The van der Waals surface area contributed by atoms with Gasteiger partial charge in [0.05, 0.1) is 10.6 Å². The number of rotatable bonds is 2. The van der Waals surface area contributed by atoms with Crippen molar-refractivity contribution >= 4 is 34.0 Å². The normalized spacial score (nSPS) is 16.3. The Kier molecular flexibility index (Phi) is 2.79. The Morgan fingerprint density at radius 1 is 1.53 bits per heavy atom. The first-order valence-electron chi connectivity index (χ1n) is 4.52. The zero-order valence-corrected chi connectivity index (χ0v) is 10.0. The van der Waals surface area contributed by atoms with Crippen LogP contribution >= 0.6 is 22.6 Å². The molecule has 1 aromatic carbocycles. The van der Waals surface area contributed by atoms with Crippen molar-refractivity contribution in [1.29, 1.82) is 0 Å². The van der Waals surface area contributed by atoms with Crippen LogP contribution in [0.1, 0.15) is 0 Å². The van der Waals surface area contributed by atoms with E-state index in [1.54, 1.807) is 12.1 Å². The first-order valence-corrected chi connectivity index (χ1v) is 5.60. The Labute approximate surface area is 101 Å². The highest BCUT2D eigenvalue weighted by Gasteiger charge is 2.25. The predicted octanol–water partition coefficient (Wildman–Crippen LogP) is 1.35. The summed E-state index contributed by atoms with van der Waals surface area (Å²) in [6.45, 7) is 1.65. The van der Waals surface area contributed by atoms with Gasteiger partial charge < -0.3 is 10.6 Å². The number of hydrogen-bond acceptors (Lipinski definition) is 4. The van der Waals surface area contributed by atoms with Crippen LogP contribution in [-0.2, 0) is 0 Å². The van der Waals surface area contributed by atoms with Crippen LogP contribution in [0.2, 0.25) is 0 Å². The van der Waals surface area contributed by atoms with Gasteiger partial charge in [-0.2, -0.15) is 0 Å². The van der Waals surface area contributed by atoms with Gasteiger partial charge in [-0.1, -0.05) is 0 Å². The zero-order chi connectivity index (χ0) is 11.0. The van der Waals surface area contributed by atoms with Crippen molar-refractivity contribution in [2.24, 2.45) is 5.73 Å². The summed E-state index contributed by atoms with van der Waals surface area (Å²) in [5.41, 5.74) is 6.84. The number of anilines is 1. The van der Waals surface area contributed by atoms with E-state index in [0.29, 0.717) is 0 Å². The molecule has 1 aromatic rings. The lowest BCUT2D eigenvalue weighted by Gasteiger charge is -2.39. The van der Waals surface area contributed by atoms with Gasteiger partial charge in [-0.3, -0.25) is 10.1 Å². The van der Waals surface area contributed by atoms with E-state index >= 15 is 0 Å². The van der Waals surface area contributed by atoms with Crippen molar-refractivity contribution in [3.05, 3.63) is 31.9 Å². The summed E-state index contributed by atoms with van der Waals surface area (Å²) in [6.07, 6.45) is 0. The van der Waals surface area contributed by atoms with Crippen molar-refractivity contribution in [2.45, 2.75) is 6.04 Å². The Morgan fingerprint density at radius 3 is 2.67 bits per heavy atom. The molecule has 6 heteroatoms. The van der Waals surface area contributed by atoms with E-state index in [0.717, 1.165) is 22.3 Å². The third kappa shape index (κ3) is 2.05. The molecule has 5 nitrogen and oxygen atoms in total. The quantitative estimate of drug-likeness (QED) is 0.507. The summed E-state index contributed by atoms with van der Waals surface area (Å²) in [7, 11) is 0. The van der Waals surface area contributed by atoms with Crippen LogP contribution in [0.25, 0.3) is 0 Å². The van der Waals surface area contributed by atoms with Gasteiger partial charge in [0.1, 0.15) is 0 Å². The van der Waals surface area contributed by atoms with Gasteiger partial charge in [0.25, 0.3) is 5.69 Å². The van der Waals surface area contributed by atoms with E-state index in [9.17, 15) is 10.1 Å². The van der Waals surface area contributed by atoms with Crippen LogP contribution in [-0.4, -0.2) is 24.1 Å². The number of nitro benzene ring substituents is 1. The number of non-ortho nitro benzene ring substituents is 1. The maximum atomic E-state index is 10.5. The standard InChI is InChI=1S/C9H10IN3O2/c10-8-3-7(13(14)15)1-2-9(8)12-4-6(11)5-12/h1-3,6H,4-5,11H2.